The van der Waals surface area contributed by atoms with Crippen LogP contribution in [0.5, 0.6) is 0 Å². The Labute approximate surface area is 101 Å². The highest BCUT2D eigenvalue weighted by atomic mass is 79.9. The number of benzene rings is 1. The third-order valence-electron chi connectivity index (χ3n) is 2.20. The van der Waals surface area contributed by atoms with E-state index in [9.17, 15) is 4.79 Å². The molecule has 1 N–H and O–H groups in total. The first-order valence-electron chi connectivity index (χ1n) is 4.97. The van der Waals surface area contributed by atoms with Crippen LogP contribution in [0.4, 0.5) is 0 Å². The van der Waals surface area contributed by atoms with E-state index >= 15 is 0 Å². The van der Waals surface area contributed by atoms with Crippen LogP contribution in [0, 0.1) is 0 Å². The fraction of sp³-hybridized carbons (Fsp3) is 0.273. The molecule has 16 heavy (non-hydrogen) atoms. The van der Waals surface area contributed by atoms with Crippen molar-refractivity contribution in [3.63, 3.8) is 0 Å². The van der Waals surface area contributed by atoms with Crippen molar-refractivity contribution in [1.29, 1.82) is 0 Å². The quantitative estimate of drug-likeness (QED) is 0.872. The molecule has 0 aliphatic carbocycles. The van der Waals surface area contributed by atoms with Crippen LogP contribution in [0.2, 0.25) is 0 Å². The Morgan fingerprint density at radius 3 is 3.06 bits per heavy atom. The average Bonchev–Trinajstić information content (AvgIpc) is 2.70. The molecule has 1 aromatic carbocycles. The SMILES string of the molecule is O=C(Cc1noc2ccccc12)NCCBr. The first kappa shape index (κ1) is 11.1. The Kier molecular flexibility index (Phi) is 3.56. The zero-order valence-corrected chi connectivity index (χ0v) is 10.2. The summed E-state index contributed by atoms with van der Waals surface area (Å²) >= 11 is 3.25. The van der Waals surface area contributed by atoms with E-state index < -0.39 is 0 Å². The van der Waals surface area contributed by atoms with E-state index in [4.69, 9.17) is 4.52 Å². The van der Waals surface area contributed by atoms with Gasteiger partial charge < -0.3 is 9.84 Å². The highest BCUT2D eigenvalue weighted by molar-refractivity contribution is 9.09. The number of fused-ring (bicyclic) bond motifs is 1. The number of nitrogens with zero attached hydrogens (tertiary/aromatic N) is 1. The van der Waals surface area contributed by atoms with Gasteiger partial charge in [0.2, 0.25) is 5.91 Å². The molecule has 1 amide bonds. The predicted octanol–water partition coefficient (Wildman–Crippen LogP) is 1.88. The Morgan fingerprint density at radius 1 is 1.44 bits per heavy atom. The van der Waals surface area contributed by atoms with Crippen LogP contribution in [0.1, 0.15) is 5.69 Å². The summed E-state index contributed by atoms with van der Waals surface area (Å²) in [6.07, 6.45) is 0.254. The van der Waals surface area contributed by atoms with E-state index in [0.29, 0.717) is 17.8 Å². The fourth-order valence-electron chi connectivity index (χ4n) is 1.47. The zero-order chi connectivity index (χ0) is 11.4. The van der Waals surface area contributed by atoms with Crippen molar-refractivity contribution < 1.29 is 9.32 Å². The molecule has 0 saturated heterocycles. The number of para-hydroxylation sites is 1. The molecule has 84 valence electrons. The predicted molar refractivity (Wildman–Crippen MR) is 64.5 cm³/mol. The normalized spacial score (nSPS) is 10.6. The maximum Gasteiger partial charge on any atom is 0.226 e. The molecule has 0 saturated carbocycles. The molecule has 1 aromatic heterocycles. The van der Waals surface area contributed by atoms with E-state index in [1.807, 2.05) is 24.3 Å². The highest BCUT2D eigenvalue weighted by Gasteiger charge is 2.11. The number of carbonyl (C=O) groups excluding carboxylic acids is 1. The van der Waals surface area contributed by atoms with Gasteiger partial charge in [-0.05, 0) is 12.1 Å². The Hall–Kier alpha value is -1.36. The lowest BCUT2D eigenvalue weighted by atomic mass is 10.2. The van der Waals surface area contributed by atoms with E-state index in [1.54, 1.807) is 0 Å². The molecule has 0 bridgehead atoms. The molecule has 0 aliphatic heterocycles. The second kappa shape index (κ2) is 5.12. The molecule has 0 unspecified atom stereocenters. The van der Waals surface area contributed by atoms with E-state index in [-0.39, 0.29) is 12.3 Å². The van der Waals surface area contributed by atoms with Crippen LogP contribution in [-0.4, -0.2) is 22.9 Å². The largest absolute Gasteiger partial charge is 0.356 e. The third-order valence-corrected chi connectivity index (χ3v) is 2.59. The summed E-state index contributed by atoms with van der Waals surface area (Å²) in [4.78, 5) is 11.5. The standard InChI is InChI=1S/C11H11BrN2O2/c12-5-6-13-11(15)7-9-8-3-1-2-4-10(8)16-14-9/h1-4H,5-7H2,(H,13,15). The first-order chi connectivity index (χ1) is 7.81. The minimum Gasteiger partial charge on any atom is -0.356 e. The van der Waals surface area contributed by atoms with Gasteiger partial charge in [-0.1, -0.05) is 33.2 Å². The molecule has 0 aliphatic rings. The molecular formula is C11H11BrN2O2. The van der Waals surface area contributed by atoms with Gasteiger partial charge in [-0.15, -0.1) is 0 Å². The van der Waals surface area contributed by atoms with Crippen LogP contribution < -0.4 is 5.32 Å². The highest BCUT2D eigenvalue weighted by Crippen LogP contribution is 2.17. The maximum atomic E-state index is 11.5. The summed E-state index contributed by atoms with van der Waals surface area (Å²) < 4.78 is 5.12. The van der Waals surface area contributed by atoms with Gasteiger partial charge in [0.25, 0.3) is 0 Å². The molecule has 0 spiro atoms. The summed E-state index contributed by atoms with van der Waals surface area (Å²) in [6.45, 7) is 0.620. The van der Waals surface area contributed by atoms with Crippen molar-refractivity contribution in [1.82, 2.24) is 10.5 Å². The number of hydrogen-bond donors (Lipinski definition) is 1. The smallest absolute Gasteiger partial charge is 0.226 e. The second-order valence-corrected chi connectivity index (χ2v) is 4.13. The number of rotatable bonds is 4. The van der Waals surface area contributed by atoms with Gasteiger partial charge in [-0.3, -0.25) is 4.79 Å². The van der Waals surface area contributed by atoms with E-state index in [1.165, 1.54) is 0 Å². The number of amides is 1. The van der Waals surface area contributed by atoms with Crippen LogP contribution >= 0.6 is 15.9 Å². The van der Waals surface area contributed by atoms with Gasteiger partial charge in [-0.2, -0.15) is 0 Å². The minimum atomic E-state index is -0.0431. The summed E-state index contributed by atoms with van der Waals surface area (Å²) in [6, 6.07) is 7.52. The third kappa shape index (κ3) is 2.41. The second-order valence-electron chi connectivity index (χ2n) is 3.34. The van der Waals surface area contributed by atoms with Crippen molar-refractivity contribution in [3.05, 3.63) is 30.0 Å². The van der Waals surface area contributed by atoms with Gasteiger partial charge >= 0.3 is 0 Å². The van der Waals surface area contributed by atoms with Crippen LogP contribution in [0.25, 0.3) is 11.0 Å². The molecule has 0 radical (unpaired) electrons. The van der Waals surface area contributed by atoms with Crippen LogP contribution in [0.15, 0.2) is 28.8 Å². The van der Waals surface area contributed by atoms with Gasteiger partial charge in [-0.25, -0.2) is 0 Å². The minimum absolute atomic E-state index is 0.0431. The Bertz CT molecular complexity index is 495. The maximum absolute atomic E-state index is 11.5. The van der Waals surface area contributed by atoms with Crippen molar-refractivity contribution in [2.24, 2.45) is 0 Å². The lowest BCUT2D eigenvalue weighted by molar-refractivity contribution is -0.120. The summed E-state index contributed by atoms with van der Waals surface area (Å²) in [7, 11) is 0. The molecule has 1 heterocycles. The summed E-state index contributed by atoms with van der Waals surface area (Å²) in [5.41, 5.74) is 1.40. The molecule has 0 atom stereocenters. The summed E-state index contributed by atoms with van der Waals surface area (Å²) in [5.74, 6) is -0.0431. The van der Waals surface area contributed by atoms with Crippen LogP contribution in [0.3, 0.4) is 0 Å². The van der Waals surface area contributed by atoms with Crippen molar-refractivity contribution in [2.75, 3.05) is 11.9 Å². The molecular weight excluding hydrogens is 272 g/mol. The lowest BCUT2D eigenvalue weighted by Gasteiger charge is -1.99. The van der Waals surface area contributed by atoms with Gasteiger partial charge in [0.15, 0.2) is 5.58 Å². The van der Waals surface area contributed by atoms with Crippen molar-refractivity contribution in [3.8, 4) is 0 Å². The number of nitrogens with one attached hydrogen (secondary N) is 1. The molecule has 0 fully saturated rings. The van der Waals surface area contributed by atoms with Gasteiger partial charge in [0, 0.05) is 17.3 Å². The molecule has 5 heteroatoms. The number of carbonyl (C=O) groups is 1. The van der Waals surface area contributed by atoms with E-state index in [0.717, 1.165) is 10.7 Å². The average molecular weight is 283 g/mol. The van der Waals surface area contributed by atoms with Gasteiger partial charge in [0.05, 0.1) is 6.42 Å². The first-order valence-corrected chi connectivity index (χ1v) is 6.09. The summed E-state index contributed by atoms with van der Waals surface area (Å²) in [5, 5.41) is 8.31. The molecule has 2 aromatic rings. The fourth-order valence-corrected chi connectivity index (χ4v) is 1.67. The Balaban J connectivity index is 2.12. The van der Waals surface area contributed by atoms with Crippen molar-refractivity contribution >= 4 is 32.8 Å². The Morgan fingerprint density at radius 2 is 2.25 bits per heavy atom. The molecule has 4 nitrogen and oxygen atoms in total. The van der Waals surface area contributed by atoms with E-state index in [2.05, 4.69) is 26.4 Å². The molecule has 2 rings (SSSR count). The topological polar surface area (TPSA) is 55.1 Å². The number of alkyl halides is 1. The van der Waals surface area contributed by atoms with Crippen LogP contribution in [-0.2, 0) is 11.2 Å². The number of hydrogen-bond acceptors (Lipinski definition) is 3. The lowest BCUT2D eigenvalue weighted by Crippen LogP contribution is -2.26. The number of aromatic nitrogens is 1. The monoisotopic (exact) mass is 282 g/mol. The van der Waals surface area contributed by atoms with Crippen molar-refractivity contribution in [2.45, 2.75) is 6.42 Å². The van der Waals surface area contributed by atoms with Gasteiger partial charge in [0.1, 0.15) is 5.69 Å². The number of halogens is 1. The zero-order valence-electron chi connectivity index (χ0n) is 8.57.